The number of hydrogen-bond donors (Lipinski definition) is 1. The molecule has 5 nitrogen and oxygen atoms in total. The van der Waals surface area contributed by atoms with Crippen molar-refractivity contribution in [1.29, 1.82) is 0 Å². The number of carbonyl (C=O) groups is 1. The van der Waals surface area contributed by atoms with E-state index in [2.05, 4.69) is 10.2 Å². The topological polar surface area (TPSA) is 73.8 Å². The minimum Gasteiger partial charge on any atom is -0.365 e. The lowest BCUT2D eigenvalue weighted by molar-refractivity contribution is 0.100. The van der Waals surface area contributed by atoms with Gasteiger partial charge in [0.25, 0.3) is 5.91 Å². The molecule has 0 spiro atoms. The molecule has 0 aromatic carbocycles. The van der Waals surface area contributed by atoms with Gasteiger partial charge in [0.15, 0.2) is 0 Å². The van der Waals surface area contributed by atoms with E-state index in [-0.39, 0.29) is 0 Å². The van der Waals surface area contributed by atoms with Crippen LogP contribution in [0.4, 0.5) is 0 Å². The first-order valence-electron chi connectivity index (χ1n) is 4.08. The van der Waals surface area contributed by atoms with E-state index in [1.807, 2.05) is 0 Å². The van der Waals surface area contributed by atoms with Gasteiger partial charge in [0, 0.05) is 5.56 Å². The summed E-state index contributed by atoms with van der Waals surface area (Å²) in [5, 5.41) is 10.1. The summed E-state index contributed by atoms with van der Waals surface area (Å²) in [6.07, 6.45) is 3.16. The third-order valence-electron chi connectivity index (χ3n) is 1.80. The van der Waals surface area contributed by atoms with Crippen molar-refractivity contribution in [2.45, 2.75) is 6.54 Å². The highest BCUT2D eigenvalue weighted by Crippen LogP contribution is 2.27. The monoisotopic (exact) mass is 242 g/mol. The van der Waals surface area contributed by atoms with Crippen LogP contribution in [0.1, 0.15) is 15.2 Å². The van der Waals surface area contributed by atoms with Gasteiger partial charge in [0.1, 0.15) is 4.88 Å². The van der Waals surface area contributed by atoms with Crippen LogP contribution < -0.4 is 5.73 Å². The number of halogens is 1. The molecule has 0 atom stereocenters. The molecule has 15 heavy (non-hydrogen) atoms. The van der Waals surface area contributed by atoms with Gasteiger partial charge in [-0.1, -0.05) is 11.6 Å². The van der Waals surface area contributed by atoms with Gasteiger partial charge < -0.3 is 5.73 Å². The Hall–Kier alpha value is -1.40. The summed E-state index contributed by atoms with van der Waals surface area (Å²) in [6, 6.07) is 0. The highest BCUT2D eigenvalue weighted by Gasteiger charge is 2.14. The number of amides is 1. The molecule has 0 aliphatic heterocycles. The molecule has 2 heterocycles. The van der Waals surface area contributed by atoms with E-state index >= 15 is 0 Å². The van der Waals surface area contributed by atoms with Crippen LogP contribution >= 0.6 is 22.9 Å². The third kappa shape index (κ3) is 2.00. The molecule has 2 rings (SSSR count). The fourth-order valence-corrected chi connectivity index (χ4v) is 2.34. The van der Waals surface area contributed by atoms with Gasteiger partial charge in [-0.25, -0.2) is 0 Å². The van der Waals surface area contributed by atoms with E-state index < -0.39 is 5.91 Å². The second kappa shape index (κ2) is 4.00. The second-order valence-electron chi connectivity index (χ2n) is 2.83. The van der Waals surface area contributed by atoms with Gasteiger partial charge in [0.05, 0.1) is 24.0 Å². The van der Waals surface area contributed by atoms with Crippen molar-refractivity contribution in [3.8, 4) is 0 Å². The Balaban J connectivity index is 2.27. The highest BCUT2D eigenvalue weighted by atomic mass is 35.5. The average Bonchev–Trinajstić information content (AvgIpc) is 2.78. The van der Waals surface area contributed by atoms with E-state index in [4.69, 9.17) is 17.3 Å². The lowest BCUT2D eigenvalue weighted by atomic mass is 10.3. The molecule has 0 unspecified atom stereocenters. The van der Waals surface area contributed by atoms with Crippen LogP contribution in [0.2, 0.25) is 5.02 Å². The summed E-state index contributed by atoms with van der Waals surface area (Å²) in [6.45, 7) is 0.440. The van der Waals surface area contributed by atoms with E-state index in [9.17, 15) is 4.79 Å². The normalized spacial score (nSPS) is 10.5. The van der Waals surface area contributed by atoms with Crippen LogP contribution in [0.5, 0.6) is 0 Å². The number of nitrogens with zero attached hydrogens (tertiary/aromatic N) is 3. The molecule has 0 aliphatic carbocycles. The molecule has 78 valence electrons. The predicted molar refractivity (Wildman–Crippen MR) is 57.0 cm³/mol. The first-order valence-corrected chi connectivity index (χ1v) is 5.34. The summed E-state index contributed by atoms with van der Waals surface area (Å²) < 4.78 is 0. The Morgan fingerprint density at radius 2 is 2.20 bits per heavy atom. The molecule has 0 radical (unpaired) electrons. The first-order chi connectivity index (χ1) is 7.18. The van der Waals surface area contributed by atoms with E-state index in [0.717, 1.165) is 5.56 Å². The molecule has 2 aromatic rings. The van der Waals surface area contributed by atoms with E-state index in [0.29, 0.717) is 16.4 Å². The van der Waals surface area contributed by atoms with Gasteiger partial charge in [-0.15, -0.1) is 11.3 Å². The summed E-state index contributed by atoms with van der Waals surface area (Å²) in [4.78, 5) is 12.8. The average molecular weight is 243 g/mol. The Morgan fingerprint density at radius 1 is 1.53 bits per heavy atom. The van der Waals surface area contributed by atoms with Crippen molar-refractivity contribution in [2.75, 3.05) is 0 Å². The van der Waals surface area contributed by atoms with Crippen molar-refractivity contribution in [1.82, 2.24) is 15.0 Å². The molecule has 0 saturated carbocycles. The number of carbonyl (C=O) groups excluding carboxylic acids is 1. The molecular formula is C8H7ClN4OS. The molecule has 0 aliphatic rings. The lowest BCUT2D eigenvalue weighted by Crippen LogP contribution is -2.09. The fourth-order valence-electron chi connectivity index (χ4n) is 1.13. The van der Waals surface area contributed by atoms with E-state index in [1.54, 1.807) is 17.8 Å². The molecule has 0 saturated heterocycles. The zero-order valence-electron chi connectivity index (χ0n) is 7.55. The zero-order chi connectivity index (χ0) is 10.8. The highest BCUT2D eigenvalue weighted by molar-refractivity contribution is 7.13. The second-order valence-corrected chi connectivity index (χ2v) is 4.09. The number of nitrogens with two attached hydrogens (primary N) is 1. The van der Waals surface area contributed by atoms with Crippen molar-refractivity contribution >= 4 is 28.8 Å². The maximum Gasteiger partial charge on any atom is 0.260 e. The van der Waals surface area contributed by atoms with Crippen LogP contribution in [-0.2, 0) is 6.54 Å². The van der Waals surface area contributed by atoms with Gasteiger partial charge in [-0.3, -0.25) is 4.79 Å². The first kappa shape index (κ1) is 10.1. The number of aromatic nitrogens is 3. The Labute approximate surface area is 94.5 Å². The minimum absolute atomic E-state index is 0.374. The summed E-state index contributed by atoms with van der Waals surface area (Å²) in [5.41, 5.74) is 5.95. The standard InChI is InChI=1S/C8H7ClN4OS/c9-6-5(3-13-11-1-2-12-13)4-15-7(6)8(10)14/h1-2,4H,3H2,(H2,10,14). The molecule has 2 N–H and O–H groups in total. The van der Waals surface area contributed by atoms with Crippen molar-refractivity contribution in [3.63, 3.8) is 0 Å². The van der Waals surface area contributed by atoms with Crippen molar-refractivity contribution in [2.24, 2.45) is 5.73 Å². The smallest absolute Gasteiger partial charge is 0.260 e. The molecule has 2 aromatic heterocycles. The number of rotatable bonds is 3. The van der Waals surface area contributed by atoms with Gasteiger partial charge in [-0.2, -0.15) is 15.0 Å². The maximum absolute atomic E-state index is 10.9. The van der Waals surface area contributed by atoms with Crippen LogP contribution in [0, 0.1) is 0 Å². The molecule has 0 bridgehead atoms. The summed E-state index contributed by atoms with van der Waals surface area (Å²) >= 11 is 7.21. The van der Waals surface area contributed by atoms with Crippen LogP contribution in [-0.4, -0.2) is 20.9 Å². The van der Waals surface area contributed by atoms with Crippen molar-refractivity contribution in [3.05, 3.63) is 33.2 Å². The van der Waals surface area contributed by atoms with Crippen LogP contribution in [0.3, 0.4) is 0 Å². The fraction of sp³-hybridized carbons (Fsp3) is 0.125. The maximum atomic E-state index is 10.9. The molecular weight excluding hydrogens is 236 g/mol. The van der Waals surface area contributed by atoms with E-state index in [1.165, 1.54) is 16.1 Å². The van der Waals surface area contributed by atoms with Gasteiger partial charge in [-0.05, 0) is 5.38 Å². The molecule has 0 fully saturated rings. The third-order valence-corrected chi connectivity index (χ3v) is 3.39. The largest absolute Gasteiger partial charge is 0.365 e. The number of hydrogen-bond acceptors (Lipinski definition) is 4. The predicted octanol–water partition coefficient (Wildman–Crippen LogP) is 1.14. The quantitative estimate of drug-likeness (QED) is 0.877. The summed E-state index contributed by atoms with van der Waals surface area (Å²) in [5.74, 6) is -0.510. The summed E-state index contributed by atoms with van der Waals surface area (Å²) in [7, 11) is 0. The SMILES string of the molecule is NC(=O)c1scc(Cn2nccn2)c1Cl. The van der Waals surface area contributed by atoms with Gasteiger partial charge >= 0.3 is 0 Å². The zero-order valence-corrected chi connectivity index (χ0v) is 9.13. The minimum atomic E-state index is -0.510. The Morgan fingerprint density at radius 3 is 2.73 bits per heavy atom. The van der Waals surface area contributed by atoms with Gasteiger partial charge in [0.2, 0.25) is 0 Å². The van der Waals surface area contributed by atoms with Crippen molar-refractivity contribution < 1.29 is 4.79 Å². The number of primary amides is 1. The number of thiophene rings is 1. The lowest BCUT2D eigenvalue weighted by Gasteiger charge is -1.98. The Bertz CT molecular complexity index is 479. The Kier molecular flexibility index (Phi) is 2.70. The van der Waals surface area contributed by atoms with Crippen LogP contribution in [0.25, 0.3) is 0 Å². The molecule has 7 heteroatoms. The molecule has 1 amide bonds. The van der Waals surface area contributed by atoms with Crippen LogP contribution in [0.15, 0.2) is 17.8 Å².